The number of imidazole rings is 1. The van der Waals surface area contributed by atoms with Crippen molar-refractivity contribution in [1.82, 2.24) is 9.55 Å². The maximum atomic E-state index is 12.8. The molecule has 1 N–H and O–H groups in total. The Morgan fingerprint density at radius 3 is 2.70 bits per heavy atom. The lowest BCUT2D eigenvalue weighted by Gasteiger charge is -2.20. The van der Waals surface area contributed by atoms with E-state index in [4.69, 9.17) is 0 Å². The third kappa shape index (κ3) is 3.30. The predicted molar refractivity (Wildman–Crippen MR) is 106 cm³/mol. The molecule has 1 aliphatic heterocycles. The van der Waals surface area contributed by atoms with Gasteiger partial charge in [0, 0.05) is 19.4 Å². The number of nitrogens with one attached hydrogen (secondary N) is 1. The second kappa shape index (κ2) is 7.23. The highest BCUT2D eigenvalue weighted by atomic mass is 16.2. The van der Waals surface area contributed by atoms with E-state index in [2.05, 4.69) is 10.3 Å². The van der Waals surface area contributed by atoms with Crippen LogP contribution in [0.2, 0.25) is 0 Å². The molecule has 0 aliphatic carbocycles. The molecule has 0 atom stereocenters. The van der Waals surface area contributed by atoms with Gasteiger partial charge >= 0.3 is 0 Å². The van der Waals surface area contributed by atoms with Gasteiger partial charge < -0.3 is 14.8 Å². The monoisotopic (exact) mass is 362 g/mol. The number of aromatic nitrogens is 2. The number of hydrogen-bond donors (Lipinski definition) is 1. The fourth-order valence-corrected chi connectivity index (χ4v) is 3.62. The molecule has 0 bridgehead atoms. The number of aryl methyl sites for hydroxylation is 1. The summed E-state index contributed by atoms with van der Waals surface area (Å²) >= 11 is 0. The molecule has 27 heavy (non-hydrogen) atoms. The molecular formula is C21H22N4O2. The number of fused-ring (bicyclic) bond motifs is 1. The van der Waals surface area contributed by atoms with Gasteiger partial charge in [0.25, 0.3) is 0 Å². The van der Waals surface area contributed by atoms with Gasteiger partial charge in [0.15, 0.2) is 0 Å². The second-order valence-corrected chi connectivity index (χ2v) is 6.67. The Hall–Kier alpha value is -3.15. The number of anilines is 2. The van der Waals surface area contributed by atoms with Gasteiger partial charge in [0.05, 0.1) is 22.4 Å². The van der Waals surface area contributed by atoms with Gasteiger partial charge in [-0.2, -0.15) is 0 Å². The van der Waals surface area contributed by atoms with Crippen LogP contribution < -0.4 is 10.2 Å². The van der Waals surface area contributed by atoms with Crippen molar-refractivity contribution in [2.75, 3.05) is 16.8 Å². The topological polar surface area (TPSA) is 67.2 Å². The molecule has 2 aromatic carbocycles. The van der Waals surface area contributed by atoms with Gasteiger partial charge in [-0.15, -0.1) is 0 Å². The lowest BCUT2D eigenvalue weighted by atomic mass is 10.2. The zero-order valence-corrected chi connectivity index (χ0v) is 15.3. The van der Waals surface area contributed by atoms with Gasteiger partial charge in [0.2, 0.25) is 11.8 Å². The maximum Gasteiger partial charge on any atom is 0.244 e. The molecule has 6 nitrogen and oxygen atoms in total. The molecule has 1 aromatic heterocycles. The average molecular weight is 362 g/mol. The van der Waals surface area contributed by atoms with E-state index >= 15 is 0 Å². The largest absolute Gasteiger partial charge is 0.323 e. The van der Waals surface area contributed by atoms with Crippen molar-refractivity contribution < 1.29 is 9.59 Å². The molecule has 1 fully saturated rings. The molecule has 0 radical (unpaired) electrons. The molecule has 6 heteroatoms. The minimum Gasteiger partial charge on any atom is -0.323 e. The smallest absolute Gasteiger partial charge is 0.244 e. The number of benzene rings is 2. The highest BCUT2D eigenvalue weighted by Gasteiger charge is 2.24. The number of carbonyl (C=O) groups excluding carboxylic acids is 2. The summed E-state index contributed by atoms with van der Waals surface area (Å²) in [6.07, 6.45) is 2.16. The molecule has 2 amide bonds. The van der Waals surface area contributed by atoms with E-state index in [9.17, 15) is 9.59 Å². The van der Waals surface area contributed by atoms with Gasteiger partial charge in [-0.25, -0.2) is 4.98 Å². The summed E-state index contributed by atoms with van der Waals surface area (Å²) in [6.45, 7) is 2.91. The maximum absolute atomic E-state index is 12.8. The first-order valence-corrected chi connectivity index (χ1v) is 9.30. The van der Waals surface area contributed by atoms with Crippen LogP contribution in [-0.4, -0.2) is 27.9 Å². The molecule has 2 heterocycles. The van der Waals surface area contributed by atoms with E-state index in [1.165, 1.54) is 0 Å². The first kappa shape index (κ1) is 17.3. The fourth-order valence-electron chi connectivity index (χ4n) is 3.62. The lowest BCUT2D eigenvalue weighted by Crippen LogP contribution is -2.26. The van der Waals surface area contributed by atoms with Gasteiger partial charge in [-0.3, -0.25) is 9.59 Å². The Morgan fingerprint density at radius 2 is 1.93 bits per heavy atom. The second-order valence-electron chi connectivity index (χ2n) is 6.67. The predicted octanol–water partition coefficient (Wildman–Crippen LogP) is 3.36. The molecule has 0 unspecified atom stereocenters. The minimum atomic E-state index is -0.132. The average Bonchev–Trinajstić information content (AvgIpc) is 3.26. The van der Waals surface area contributed by atoms with Crippen LogP contribution in [0.25, 0.3) is 11.0 Å². The van der Waals surface area contributed by atoms with Gasteiger partial charge in [-0.05, 0) is 30.7 Å². The Bertz CT molecular complexity index is 1010. The van der Waals surface area contributed by atoms with Crippen molar-refractivity contribution in [3.63, 3.8) is 0 Å². The first-order chi connectivity index (χ1) is 13.2. The quantitative estimate of drug-likeness (QED) is 0.757. The number of nitrogens with zero attached hydrogens (tertiary/aromatic N) is 3. The first-order valence-electron chi connectivity index (χ1n) is 9.30. The van der Waals surface area contributed by atoms with Crippen molar-refractivity contribution >= 4 is 34.2 Å². The van der Waals surface area contributed by atoms with Crippen LogP contribution >= 0.6 is 0 Å². The fraction of sp³-hybridized carbons (Fsp3) is 0.286. The van der Waals surface area contributed by atoms with Crippen molar-refractivity contribution in [3.8, 4) is 0 Å². The SMILES string of the molecule is CCc1nc2ccccc2n1CC(=O)Nc1ccccc1N1CCCC1=O. The normalized spacial score (nSPS) is 14.1. The standard InChI is InChI=1S/C21H22N4O2/c1-2-19-22-15-8-3-6-11-18(15)25(19)14-20(26)23-16-9-4-5-10-17(16)24-13-7-12-21(24)27/h3-6,8-11H,2,7,12-14H2,1H3,(H,23,26). The van der Waals surface area contributed by atoms with Crippen LogP contribution in [0.3, 0.4) is 0 Å². The minimum absolute atomic E-state index is 0.102. The number of amides is 2. The van der Waals surface area contributed by atoms with Crippen LogP contribution in [0.4, 0.5) is 11.4 Å². The van der Waals surface area contributed by atoms with Crippen molar-refractivity contribution in [3.05, 3.63) is 54.4 Å². The lowest BCUT2D eigenvalue weighted by molar-refractivity contribution is -0.117. The van der Waals surface area contributed by atoms with E-state index in [1.807, 2.05) is 60.0 Å². The molecule has 0 spiro atoms. The third-order valence-electron chi connectivity index (χ3n) is 4.89. The molecular weight excluding hydrogens is 340 g/mol. The summed E-state index contributed by atoms with van der Waals surface area (Å²) < 4.78 is 1.95. The summed E-state index contributed by atoms with van der Waals surface area (Å²) in [5.74, 6) is 0.854. The van der Waals surface area contributed by atoms with E-state index < -0.39 is 0 Å². The highest BCUT2D eigenvalue weighted by molar-refractivity contribution is 6.02. The van der Waals surface area contributed by atoms with Crippen LogP contribution in [0, 0.1) is 0 Å². The summed E-state index contributed by atoms with van der Waals surface area (Å²) in [7, 11) is 0. The zero-order chi connectivity index (χ0) is 18.8. The van der Waals surface area contributed by atoms with E-state index in [0.717, 1.165) is 35.4 Å². The summed E-state index contributed by atoms with van der Waals surface area (Å²) in [5, 5.41) is 2.98. The molecule has 4 rings (SSSR count). The van der Waals surface area contributed by atoms with Gasteiger partial charge in [0.1, 0.15) is 12.4 Å². The zero-order valence-electron chi connectivity index (χ0n) is 15.3. The third-order valence-corrected chi connectivity index (χ3v) is 4.89. The molecule has 3 aromatic rings. The van der Waals surface area contributed by atoms with E-state index in [0.29, 0.717) is 18.7 Å². The molecule has 0 saturated carbocycles. The van der Waals surface area contributed by atoms with E-state index in [1.54, 1.807) is 4.90 Å². The Kier molecular flexibility index (Phi) is 4.62. The van der Waals surface area contributed by atoms with Gasteiger partial charge in [-0.1, -0.05) is 31.2 Å². The molecule has 1 aliphatic rings. The number of rotatable bonds is 5. The summed E-state index contributed by atoms with van der Waals surface area (Å²) in [6, 6.07) is 15.3. The number of para-hydroxylation sites is 4. The number of hydrogen-bond acceptors (Lipinski definition) is 3. The summed E-state index contributed by atoms with van der Waals surface area (Å²) in [5.41, 5.74) is 3.28. The summed E-state index contributed by atoms with van der Waals surface area (Å²) in [4.78, 5) is 31.2. The van der Waals surface area contributed by atoms with Crippen molar-refractivity contribution in [2.24, 2.45) is 0 Å². The molecule has 1 saturated heterocycles. The van der Waals surface area contributed by atoms with Crippen LogP contribution in [0.1, 0.15) is 25.6 Å². The van der Waals surface area contributed by atoms with Crippen molar-refractivity contribution in [2.45, 2.75) is 32.7 Å². The Labute approximate surface area is 157 Å². The van der Waals surface area contributed by atoms with Crippen molar-refractivity contribution in [1.29, 1.82) is 0 Å². The van der Waals surface area contributed by atoms with E-state index in [-0.39, 0.29) is 18.4 Å². The molecule has 138 valence electrons. The Morgan fingerprint density at radius 1 is 1.15 bits per heavy atom. The highest BCUT2D eigenvalue weighted by Crippen LogP contribution is 2.29. The van der Waals surface area contributed by atoms with Crippen LogP contribution in [-0.2, 0) is 22.6 Å². The number of carbonyl (C=O) groups is 2. The van der Waals surface area contributed by atoms with Crippen LogP contribution in [0.5, 0.6) is 0 Å². The Balaban J connectivity index is 1.59. The van der Waals surface area contributed by atoms with Crippen LogP contribution in [0.15, 0.2) is 48.5 Å².